The van der Waals surface area contributed by atoms with E-state index in [2.05, 4.69) is 55.4 Å². The maximum Gasteiger partial charge on any atom is 0.137 e. The highest BCUT2D eigenvalue weighted by molar-refractivity contribution is 5.88. The summed E-state index contributed by atoms with van der Waals surface area (Å²) in [6, 6.07) is 0. The summed E-state index contributed by atoms with van der Waals surface area (Å²) in [5.41, 5.74) is 1.08. The molecule has 0 radical (unpaired) electrons. The minimum Gasteiger partial charge on any atom is -0.299 e. The monoisotopic (exact) mass is 440 g/mol. The Hall–Kier alpha value is -0.660. The van der Waals surface area contributed by atoms with Gasteiger partial charge in [-0.15, -0.1) is 0 Å². The van der Waals surface area contributed by atoms with Crippen molar-refractivity contribution in [2.45, 2.75) is 120 Å². The number of Topliss-reactive ketones (excluding diaryl/α,β-unsaturated/α-hetero) is 2. The molecule has 9 atom stereocenters. The highest BCUT2D eigenvalue weighted by atomic mass is 16.1. The van der Waals surface area contributed by atoms with Crippen LogP contribution in [0.1, 0.15) is 120 Å². The Morgan fingerprint density at radius 1 is 0.688 bits per heavy atom. The highest BCUT2D eigenvalue weighted by Crippen LogP contribution is 2.77. The molecule has 0 aliphatic heterocycles. The van der Waals surface area contributed by atoms with Crippen molar-refractivity contribution in [3.05, 3.63) is 0 Å². The fraction of sp³-hybridized carbons (Fsp3) is 0.933. The van der Waals surface area contributed by atoms with Crippen LogP contribution in [0, 0.1) is 56.2 Å². The molecule has 5 saturated carbocycles. The van der Waals surface area contributed by atoms with E-state index in [-0.39, 0.29) is 33.5 Å². The van der Waals surface area contributed by atoms with E-state index in [4.69, 9.17) is 0 Å². The largest absolute Gasteiger partial charge is 0.299 e. The second kappa shape index (κ2) is 6.51. The van der Waals surface area contributed by atoms with Crippen molar-refractivity contribution in [1.29, 1.82) is 0 Å². The van der Waals surface area contributed by atoms with Gasteiger partial charge in [-0.05, 0) is 95.7 Å². The molecule has 0 N–H and O–H groups in total. The lowest BCUT2D eigenvalue weighted by atomic mass is 9.30. The topological polar surface area (TPSA) is 34.1 Å². The molecule has 5 rings (SSSR count). The van der Waals surface area contributed by atoms with Gasteiger partial charge < -0.3 is 0 Å². The van der Waals surface area contributed by atoms with E-state index in [9.17, 15) is 9.59 Å². The number of carbonyl (C=O) groups is 2. The third kappa shape index (κ3) is 2.65. The van der Waals surface area contributed by atoms with E-state index < -0.39 is 0 Å². The van der Waals surface area contributed by atoms with Gasteiger partial charge >= 0.3 is 0 Å². The van der Waals surface area contributed by atoms with Gasteiger partial charge in [-0.3, -0.25) is 9.59 Å². The summed E-state index contributed by atoms with van der Waals surface area (Å²) in [6.07, 6.45) is 11.3. The van der Waals surface area contributed by atoms with E-state index in [0.29, 0.717) is 34.7 Å². The molecule has 32 heavy (non-hydrogen) atoms. The lowest BCUT2D eigenvalue weighted by molar-refractivity contribution is -0.246. The average Bonchev–Trinajstić information content (AvgIpc) is 2.69. The SMILES string of the molecule is C[C@H]1C(=O)CC[C@H]2[C@]3(C)CC[C@@]4(C)[C@@H]5CC(C)(C)CC[C@]5(C)CC[C@]4(C)[C@@H]3C(=O)C[C@@]21C. The van der Waals surface area contributed by atoms with E-state index in [1.54, 1.807) is 0 Å². The third-order valence-corrected chi connectivity index (χ3v) is 13.4. The summed E-state index contributed by atoms with van der Waals surface area (Å²) in [7, 11) is 0. The summed E-state index contributed by atoms with van der Waals surface area (Å²) < 4.78 is 0. The summed E-state index contributed by atoms with van der Waals surface area (Å²) in [4.78, 5) is 26.9. The Kier molecular flexibility index (Phi) is 4.70. The zero-order valence-electron chi connectivity index (χ0n) is 22.2. The summed E-state index contributed by atoms with van der Waals surface area (Å²) in [6.45, 7) is 19.6. The van der Waals surface area contributed by atoms with Crippen LogP contribution in [0.5, 0.6) is 0 Å². The molecule has 180 valence electrons. The Morgan fingerprint density at radius 3 is 2.00 bits per heavy atom. The van der Waals surface area contributed by atoms with E-state index in [1.165, 1.54) is 44.9 Å². The second-order valence-corrected chi connectivity index (χ2v) is 15.3. The number of hydrogen-bond acceptors (Lipinski definition) is 2. The van der Waals surface area contributed by atoms with Crippen LogP contribution in [0.4, 0.5) is 0 Å². The molecule has 0 unspecified atom stereocenters. The molecule has 5 aliphatic carbocycles. The predicted octanol–water partition coefficient (Wildman–Crippen LogP) is 7.64. The molecule has 0 aromatic carbocycles. The second-order valence-electron chi connectivity index (χ2n) is 15.3. The smallest absolute Gasteiger partial charge is 0.137 e. The summed E-state index contributed by atoms with van der Waals surface area (Å²) in [5, 5.41) is 0. The normalized spacial score (nSPS) is 57.1. The number of ketones is 2. The molecule has 0 heterocycles. The molecule has 0 saturated heterocycles. The van der Waals surface area contributed by atoms with Crippen molar-refractivity contribution < 1.29 is 9.59 Å². The van der Waals surface area contributed by atoms with Crippen molar-refractivity contribution in [3.63, 3.8) is 0 Å². The lowest BCUT2D eigenvalue weighted by Crippen LogP contribution is -2.70. The van der Waals surface area contributed by atoms with Crippen LogP contribution in [-0.2, 0) is 9.59 Å². The van der Waals surface area contributed by atoms with Crippen molar-refractivity contribution in [3.8, 4) is 0 Å². The van der Waals surface area contributed by atoms with Crippen LogP contribution >= 0.6 is 0 Å². The molecule has 0 aromatic heterocycles. The van der Waals surface area contributed by atoms with Crippen LogP contribution < -0.4 is 0 Å². The van der Waals surface area contributed by atoms with Gasteiger partial charge in [0, 0.05) is 24.7 Å². The Balaban J connectivity index is 1.59. The minimum atomic E-state index is -0.141. The van der Waals surface area contributed by atoms with Crippen molar-refractivity contribution in [2.75, 3.05) is 0 Å². The van der Waals surface area contributed by atoms with Crippen LogP contribution in [0.2, 0.25) is 0 Å². The van der Waals surface area contributed by atoms with Crippen LogP contribution in [-0.4, -0.2) is 11.6 Å². The Labute approximate surface area is 197 Å². The van der Waals surface area contributed by atoms with Gasteiger partial charge in [0.2, 0.25) is 0 Å². The Morgan fingerprint density at radius 2 is 1.31 bits per heavy atom. The first-order valence-electron chi connectivity index (χ1n) is 13.7. The van der Waals surface area contributed by atoms with Crippen LogP contribution in [0.3, 0.4) is 0 Å². The standard InChI is InChI=1S/C30H48O2/c1-19-20(31)9-10-22-27(5)14-16-29(7)23-18-25(2,3)11-12-26(23,4)13-15-30(29,8)24(27)21(32)17-28(19,22)6/h19,22-24H,9-18H2,1-8H3/t19-,22-,23+,24+,26+,27-,28+,29-,30+/m0/s1. The van der Waals surface area contributed by atoms with Gasteiger partial charge in [0.15, 0.2) is 0 Å². The number of carbonyl (C=O) groups excluding carboxylic acids is 2. The van der Waals surface area contributed by atoms with Crippen molar-refractivity contribution in [1.82, 2.24) is 0 Å². The first-order valence-corrected chi connectivity index (χ1v) is 13.7. The van der Waals surface area contributed by atoms with E-state index >= 15 is 0 Å². The zero-order chi connectivity index (χ0) is 23.5. The molecule has 0 amide bonds. The van der Waals surface area contributed by atoms with E-state index in [1.807, 2.05) is 0 Å². The minimum absolute atomic E-state index is 0.0258. The molecule has 0 bridgehead atoms. The maximum absolute atomic E-state index is 14.2. The lowest BCUT2D eigenvalue weighted by Gasteiger charge is -2.74. The molecule has 2 nitrogen and oxygen atoms in total. The number of rotatable bonds is 0. The fourth-order valence-corrected chi connectivity index (χ4v) is 11.0. The number of fused-ring (bicyclic) bond motifs is 7. The molecular weight excluding hydrogens is 392 g/mol. The Bertz CT molecular complexity index is 857. The van der Waals surface area contributed by atoms with E-state index in [0.717, 1.165) is 18.8 Å². The van der Waals surface area contributed by atoms with Gasteiger partial charge in [0.25, 0.3) is 0 Å². The molecular formula is C30H48O2. The van der Waals surface area contributed by atoms with Gasteiger partial charge in [-0.25, -0.2) is 0 Å². The first kappa shape index (κ1) is 23.1. The third-order valence-electron chi connectivity index (χ3n) is 13.4. The molecule has 0 spiro atoms. The highest BCUT2D eigenvalue weighted by Gasteiger charge is 2.72. The fourth-order valence-electron chi connectivity index (χ4n) is 11.0. The summed E-state index contributed by atoms with van der Waals surface area (Å²) >= 11 is 0. The molecule has 5 fully saturated rings. The average molecular weight is 441 g/mol. The first-order chi connectivity index (χ1) is 14.6. The summed E-state index contributed by atoms with van der Waals surface area (Å²) in [5.74, 6) is 2.31. The zero-order valence-corrected chi connectivity index (χ0v) is 22.2. The maximum atomic E-state index is 14.2. The quantitative estimate of drug-likeness (QED) is 0.388. The van der Waals surface area contributed by atoms with Crippen LogP contribution in [0.25, 0.3) is 0 Å². The van der Waals surface area contributed by atoms with Gasteiger partial charge in [0.1, 0.15) is 11.6 Å². The molecule has 0 aromatic rings. The van der Waals surface area contributed by atoms with Crippen molar-refractivity contribution in [2.24, 2.45) is 56.2 Å². The van der Waals surface area contributed by atoms with Crippen LogP contribution in [0.15, 0.2) is 0 Å². The van der Waals surface area contributed by atoms with Crippen molar-refractivity contribution >= 4 is 11.6 Å². The van der Waals surface area contributed by atoms with Gasteiger partial charge in [0.05, 0.1) is 0 Å². The predicted molar refractivity (Wildman–Crippen MR) is 130 cm³/mol. The molecule has 5 aliphatic rings. The van der Waals surface area contributed by atoms with Gasteiger partial charge in [-0.2, -0.15) is 0 Å². The number of hydrogen-bond donors (Lipinski definition) is 0. The molecule has 2 heteroatoms. The van der Waals surface area contributed by atoms with Gasteiger partial charge in [-0.1, -0.05) is 55.4 Å².